The van der Waals surface area contributed by atoms with Crippen molar-refractivity contribution in [2.45, 2.75) is 38.8 Å². The number of nitro groups is 1. The third-order valence-corrected chi connectivity index (χ3v) is 4.04. The first-order chi connectivity index (χ1) is 11.1. The minimum absolute atomic E-state index is 0.137. The van der Waals surface area contributed by atoms with Crippen LogP contribution in [-0.4, -0.2) is 40.6 Å². The van der Waals surface area contributed by atoms with Crippen LogP contribution in [-0.2, 0) is 4.74 Å². The van der Waals surface area contributed by atoms with Crippen LogP contribution in [0.5, 0.6) is 0 Å². The number of carbonyl (C=O) groups is 1. The van der Waals surface area contributed by atoms with Gasteiger partial charge in [0.1, 0.15) is 17.1 Å². The molecule has 0 saturated carbocycles. The highest BCUT2D eigenvalue weighted by molar-refractivity contribution is 9.10. The number of nitro benzene ring substituents is 1. The van der Waals surface area contributed by atoms with Crippen LogP contribution in [0.25, 0.3) is 0 Å². The first-order valence-electron chi connectivity index (χ1n) is 7.45. The van der Waals surface area contributed by atoms with Crippen molar-refractivity contribution in [3.05, 3.63) is 32.5 Å². The van der Waals surface area contributed by atoms with Gasteiger partial charge < -0.3 is 15.0 Å². The molecule has 0 spiro atoms. The second-order valence-corrected chi connectivity index (χ2v) is 7.45. The number of ether oxygens (including phenoxy) is 1. The molecule has 9 heteroatoms. The molecule has 0 bridgehead atoms. The summed E-state index contributed by atoms with van der Waals surface area (Å²) in [6, 6.07) is 2.03. The maximum atomic E-state index is 13.5. The molecule has 132 valence electrons. The van der Waals surface area contributed by atoms with Gasteiger partial charge in [-0.15, -0.1) is 0 Å². The molecule has 7 nitrogen and oxygen atoms in total. The second-order valence-electron chi connectivity index (χ2n) is 6.60. The summed E-state index contributed by atoms with van der Waals surface area (Å²) in [6.07, 6.45) is 0.201. The zero-order valence-electron chi connectivity index (χ0n) is 13.6. The summed E-state index contributed by atoms with van der Waals surface area (Å²) < 4.78 is 19.0. The van der Waals surface area contributed by atoms with Crippen molar-refractivity contribution in [1.29, 1.82) is 0 Å². The third-order valence-electron chi connectivity index (χ3n) is 3.43. The van der Waals surface area contributed by atoms with Gasteiger partial charge >= 0.3 is 6.09 Å². The van der Waals surface area contributed by atoms with Crippen LogP contribution in [0.3, 0.4) is 0 Å². The van der Waals surface area contributed by atoms with Gasteiger partial charge in [-0.25, -0.2) is 9.18 Å². The minimum atomic E-state index is -0.700. The molecule has 24 heavy (non-hydrogen) atoms. The van der Waals surface area contributed by atoms with E-state index in [1.807, 2.05) is 0 Å². The average molecular weight is 404 g/mol. The van der Waals surface area contributed by atoms with Crippen LogP contribution in [0, 0.1) is 15.9 Å². The predicted molar refractivity (Wildman–Crippen MR) is 90.6 cm³/mol. The Kier molecular flexibility index (Phi) is 5.32. The SMILES string of the molecule is CC(C)(C)OC(=O)N1CC[C@@H](Nc2cc(Br)c(F)cc2[N+](=O)[O-])C1. The summed E-state index contributed by atoms with van der Waals surface area (Å²) >= 11 is 3.02. The summed E-state index contributed by atoms with van der Waals surface area (Å²) in [4.78, 5) is 24.0. The molecule has 1 aliphatic rings. The highest BCUT2D eigenvalue weighted by Gasteiger charge is 2.31. The molecule has 1 atom stereocenters. The normalized spacial score (nSPS) is 17.7. The van der Waals surface area contributed by atoms with E-state index in [0.717, 1.165) is 6.07 Å². The fourth-order valence-corrected chi connectivity index (χ4v) is 2.74. The molecule has 1 aromatic carbocycles. The van der Waals surface area contributed by atoms with Crippen LogP contribution in [0.1, 0.15) is 27.2 Å². The zero-order valence-corrected chi connectivity index (χ0v) is 15.2. The molecular weight excluding hydrogens is 385 g/mol. The Balaban J connectivity index is 2.07. The molecule has 1 amide bonds. The van der Waals surface area contributed by atoms with Crippen LogP contribution in [0.2, 0.25) is 0 Å². The van der Waals surface area contributed by atoms with Gasteiger partial charge in [0.05, 0.1) is 15.5 Å². The number of rotatable bonds is 3. The first kappa shape index (κ1) is 18.4. The van der Waals surface area contributed by atoms with Crippen molar-refractivity contribution in [2.24, 2.45) is 0 Å². The van der Waals surface area contributed by atoms with E-state index in [2.05, 4.69) is 21.2 Å². The molecule has 1 aliphatic heterocycles. The van der Waals surface area contributed by atoms with Crippen LogP contribution >= 0.6 is 15.9 Å². The maximum absolute atomic E-state index is 13.5. The number of halogens is 2. The second kappa shape index (κ2) is 6.92. The first-order valence-corrected chi connectivity index (χ1v) is 8.24. The van der Waals surface area contributed by atoms with Crippen molar-refractivity contribution < 1.29 is 18.8 Å². The minimum Gasteiger partial charge on any atom is -0.444 e. The summed E-state index contributed by atoms with van der Waals surface area (Å²) in [7, 11) is 0. The number of nitrogens with zero attached hydrogens (tertiary/aromatic N) is 2. The van der Waals surface area contributed by atoms with E-state index >= 15 is 0 Å². The molecule has 1 fully saturated rings. The smallest absolute Gasteiger partial charge is 0.410 e. The van der Waals surface area contributed by atoms with Gasteiger partial charge in [-0.2, -0.15) is 0 Å². The highest BCUT2D eigenvalue weighted by atomic mass is 79.9. The van der Waals surface area contributed by atoms with E-state index in [1.165, 1.54) is 6.07 Å². The van der Waals surface area contributed by atoms with Gasteiger partial charge in [-0.05, 0) is 49.2 Å². The molecule has 2 rings (SSSR count). The lowest BCUT2D eigenvalue weighted by molar-refractivity contribution is -0.384. The number of likely N-dealkylation sites (tertiary alicyclic amines) is 1. The van der Waals surface area contributed by atoms with E-state index in [9.17, 15) is 19.3 Å². The van der Waals surface area contributed by atoms with Gasteiger partial charge in [0.2, 0.25) is 0 Å². The molecule has 0 aliphatic carbocycles. The Morgan fingerprint density at radius 1 is 1.50 bits per heavy atom. The van der Waals surface area contributed by atoms with Crippen LogP contribution in [0.4, 0.5) is 20.6 Å². The van der Waals surface area contributed by atoms with Crippen molar-refractivity contribution in [2.75, 3.05) is 18.4 Å². The van der Waals surface area contributed by atoms with E-state index < -0.39 is 22.4 Å². The average Bonchev–Trinajstić information content (AvgIpc) is 2.89. The Morgan fingerprint density at radius 3 is 2.75 bits per heavy atom. The molecular formula is C15H19BrFN3O4. The summed E-state index contributed by atoms with van der Waals surface area (Å²) in [5.41, 5.74) is -0.709. The Bertz CT molecular complexity index is 663. The number of anilines is 1. The van der Waals surface area contributed by atoms with Gasteiger partial charge in [0, 0.05) is 19.1 Å². The zero-order chi connectivity index (χ0) is 18.1. The van der Waals surface area contributed by atoms with Gasteiger partial charge in [0.15, 0.2) is 0 Å². The lowest BCUT2D eigenvalue weighted by Gasteiger charge is -2.24. The van der Waals surface area contributed by atoms with Gasteiger partial charge in [0.25, 0.3) is 5.69 Å². The van der Waals surface area contributed by atoms with Gasteiger partial charge in [-0.3, -0.25) is 10.1 Å². The highest BCUT2D eigenvalue weighted by Crippen LogP contribution is 2.32. The number of hydrogen-bond acceptors (Lipinski definition) is 5. The largest absolute Gasteiger partial charge is 0.444 e. The fraction of sp³-hybridized carbons (Fsp3) is 0.533. The van der Waals surface area contributed by atoms with E-state index in [-0.39, 0.29) is 21.9 Å². The molecule has 0 aromatic heterocycles. The predicted octanol–water partition coefficient (Wildman–Crippen LogP) is 3.92. The monoisotopic (exact) mass is 403 g/mol. The van der Waals surface area contributed by atoms with E-state index in [4.69, 9.17) is 4.74 Å². The van der Waals surface area contributed by atoms with Crippen LogP contribution < -0.4 is 5.32 Å². The Labute approximate surface area is 147 Å². The molecule has 1 aromatic rings. The number of carbonyl (C=O) groups excluding carboxylic acids is 1. The lowest BCUT2D eigenvalue weighted by atomic mass is 10.2. The Morgan fingerprint density at radius 2 is 2.17 bits per heavy atom. The lowest BCUT2D eigenvalue weighted by Crippen LogP contribution is -2.36. The quantitative estimate of drug-likeness (QED) is 0.610. The maximum Gasteiger partial charge on any atom is 0.410 e. The molecule has 1 heterocycles. The summed E-state index contributed by atoms with van der Waals surface area (Å²) in [5.74, 6) is -0.700. The summed E-state index contributed by atoms with van der Waals surface area (Å²) in [5, 5.41) is 14.1. The number of amides is 1. The molecule has 1 saturated heterocycles. The van der Waals surface area contributed by atoms with Gasteiger partial charge in [-0.1, -0.05) is 0 Å². The standard InChI is InChI=1S/C15H19BrFN3O4/c1-15(2,3)24-14(21)19-5-4-9(8-19)18-12-6-10(16)11(17)7-13(12)20(22)23/h6-7,9,18H,4-5,8H2,1-3H3/t9-/m1/s1. The van der Waals surface area contributed by atoms with E-state index in [0.29, 0.717) is 19.5 Å². The number of hydrogen-bond donors (Lipinski definition) is 1. The van der Waals surface area contributed by atoms with Crippen LogP contribution in [0.15, 0.2) is 16.6 Å². The molecule has 1 N–H and O–H groups in total. The number of nitrogens with one attached hydrogen (secondary N) is 1. The van der Waals surface area contributed by atoms with Crippen molar-refractivity contribution >= 4 is 33.4 Å². The third kappa shape index (κ3) is 4.56. The molecule has 0 radical (unpaired) electrons. The van der Waals surface area contributed by atoms with Crippen molar-refractivity contribution in [3.8, 4) is 0 Å². The van der Waals surface area contributed by atoms with Crippen molar-refractivity contribution in [1.82, 2.24) is 4.90 Å². The Hall–Kier alpha value is -1.90. The fourth-order valence-electron chi connectivity index (χ4n) is 2.39. The summed E-state index contributed by atoms with van der Waals surface area (Å²) in [6.45, 7) is 6.21. The van der Waals surface area contributed by atoms with Crippen molar-refractivity contribution in [3.63, 3.8) is 0 Å². The van der Waals surface area contributed by atoms with E-state index in [1.54, 1.807) is 25.7 Å². The molecule has 0 unspecified atom stereocenters. The topological polar surface area (TPSA) is 84.7 Å². The number of benzene rings is 1.